The molecule has 110 valence electrons. The summed E-state index contributed by atoms with van der Waals surface area (Å²) in [5, 5.41) is 0.165. The van der Waals surface area contributed by atoms with Crippen LogP contribution >= 0.6 is 27.5 Å². The molecule has 0 spiro atoms. The lowest BCUT2D eigenvalue weighted by Gasteiger charge is -2.13. The molecule has 2 aromatic rings. The fourth-order valence-corrected chi connectivity index (χ4v) is 2.64. The van der Waals surface area contributed by atoms with E-state index < -0.39 is 11.7 Å². The van der Waals surface area contributed by atoms with E-state index in [0.717, 1.165) is 18.9 Å². The Morgan fingerprint density at radius 3 is 2.48 bits per heavy atom. The van der Waals surface area contributed by atoms with E-state index in [-0.39, 0.29) is 22.5 Å². The van der Waals surface area contributed by atoms with Crippen molar-refractivity contribution in [1.29, 1.82) is 0 Å². The number of alkyl halides is 3. The van der Waals surface area contributed by atoms with Crippen LogP contribution in [-0.4, -0.2) is 9.97 Å². The molecule has 2 nitrogen and oxygen atoms in total. The minimum atomic E-state index is -4.48. The van der Waals surface area contributed by atoms with Gasteiger partial charge in [-0.25, -0.2) is 9.97 Å². The van der Waals surface area contributed by atoms with Crippen molar-refractivity contribution in [1.82, 2.24) is 9.97 Å². The van der Waals surface area contributed by atoms with E-state index in [2.05, 4.69) is 25.9 Å². The van der Waals surface area contributed by atoms with Gasteiger partial charge in [-0.1, -0.05) is 27.5 Å². The van der Waals surface area contributed by atoms with E-state index in [0.29, 0.717) is 10.2 Å². The van der Waals surface area contributed by atoms with Crippen LogP contribution in [-0.2, 0) is 6.18 Å². The van der Waals surface area contributed by atoms with Gasteiger partial charge in [0.05, 0.1) is 5.56 Å². The normalized spacial score (nSPS) is 15.3. The van der Waals surface area contributed by atoms with Crippen molar-refractivity contribution >= 4 is 27.5 Å². The molecule has 0 atom stereocenters. The first-order chi connectivity index (χ1) is 9.84. The fraction of sp³-hybridized carbons (Fsp3) is 0.286. The number of halogens is 5. The van der Waals surface area contributed by atoms with E-state index in [1.165, 1.54) is 12.1 Å². The first-order valence-corrected chi connectivity index (χ1v) is 7.43. The average Bonchev–Trinajstić information content (AvgIpc) is 3.21. The van der Waals surface area contributed by atoms with Gasteiger partial charge in [-0.15, -0.1) is 0 Å². The predicted molar refractivity (Wildman–Crippen MR) is 77.2 cm³/mol. The Kier molecular flexibility index (Phi) is 3.69. The molecule has 7 heteroatoms. The van der Waals surface area contributed by atoms with Crippen molar-refractivity contribution in [3.63, 3.8) is 0 Å². The third-order valence-corrected chi connectivity index (χ3v) is 3.93. The third-order valence-electron chi connectivity index (χ3n) is 3.24. The fourth-order valence-electron chi connectivity index (χ4n) is 2.09. The van der Waals surface area contributed by atoms with Crippen LogP contribution in [0.4, 0.5) is 13.2 Å². The highest BCUT2D eigenvalue weighted by molar-refractivity contribution is 9.10. The lowest BCUT2D eigenvalue weighted by atomic mass is 10.1. The summed E-state index contributed by atoms with van der Waals surface area (Å²) in [6.07, 6.45) is -2.51. The molecule has 1 aliphatic carbocycles. The summed E-state index contributed by atoms with van der Waals surface area (Å²) < 4.78 is 39.9. The highest BCUT2D eigenvalue weighted by Crippen LogP contribution is 2.42. The Labute approximate surface area is 132 Å². The summed E-state index contributed by atoms with van der Waals surface area (Å²) >= 11 is 8.98. The SMILES string of the molecule is FC(F)(F)c1cc(Br)ccc1-c1nc(Cl)cc(C2CC2)n1. The smallest absolute Gasteiger partial charge is 0.233 e. The Bertz CT molecular complexity index is 699. The molecule has 3 rings (SSSR count). The Morgan fingerprint density at radius 1 is 1.14 bits per heavy atom. The minimum absolute atomic E-state index is 0.0178. The second-order valence-corrected chi connectivity index (χ2v) is 6.20. The van der Waals surface area contributed by atoms with Gasteiger partial charge in [-0.2, -0.15) is 13.2 Å². The maximum absolute atomic E-state index is 13.2. The zero-order chi connectivity index (χ0) is 15.2. The van der Waals surface area contributed by atoms with Crippen LogP contribution in [0.5, 0.6) is 0 Å². The predicted octanol–water partition coefficient (Wildman–Crippen LogP) is 5.46. The van der Waals surface area contributed by atoms with Crippen LogP contribution in [0.2, 0.25) is 5.15 Å². The molecule has 0 radical (unpaired) electrons. The summed E-state index contributed by atoms with van der Waals surface area (Å²) in [6, 6.07) is 5.53. The van der Waals surface area contributed by atoms with E-state index in [4.69, 9.17) is 11.6 Å². The Balaban J connectivity index is 2.16. The van der Waals surface area contributed by atoms with Crippen molar-refractivity contribution in [3.05, 3.63) is 45.1 Å². The van der Waals surface area contributed by atoms with Crippen LogP contribution in [0.1, 0.15) is 30.0 Å². The van der Waals surface area contributed by atoms with Crippen molar-refractivity contribution < 1.29 is 13.2 Å². The molecule has 1 aliphatic rings. The second-order valence-electron chi connectivity index (χ2n) is 4.90. The van der Waals surface area contributed by atoms with Crippen LogP contribution in [0.25, 0.3) is 11.4 Å². The molecular weight excluding hydrogens is 369 g/mol. The van der Waals surface area contributed by atoms with E-state index in [1.807, 2.05) is 0 Å². The molecule has 1 aromatic carbocycles. The van der Waals surface area contributed by atoms with Gasteiger partial charge in [0.25, 0.3) is 0 Å². The van der Waals surface area contributed by atoms with Crippen molar-refractivity contribution in [2.45, 2.75) is 24.9 Å². The molecular formula is C14H9BrClF3N2. The molecule has 0 unspecified atom stereocenters. The van der Waals surface area contributed by atoms with Gasteiger partial charge in [0.15, 0.2) is 5.82 Å². The number of aromatic nitrogens is 2. The van der Waals surface area contributed by atoms with Gasteiger partial charge >= 0.3 is 6.18 Å². The summed E-state index contributed by atoms with van der Waals surface area (Å²) in [6.45, 7) is 0. The molecule has 1 fully saturated rings. The molecule has 21 heavy (non-hydrogen) atoms. The van der Waals surface area contributed by atoms with Gasteiger partial charge in [-0.05, 0) is 37.1 Å². The number of rotatable bonds is 2. The largest absolute Gasteiger partial charge is 0.417 e. The van der Waals surface area contributed by atoms with E-state index in [9.17, 15) is 13.2 Å². The number of benzene rings is 1. The highest BCUT2D eigenvalue weighted by atomic mass is 79.9. The first-order valence-electron chi connectivity index (χ1n) is 6.26. The van der Waals surface area contributed by atoms with Gasteiger partial charge in [0, 0.05) is 21.6 Å². The van der Waals surface area contributed by atoms with E-state index in [1.54, 1.807) is 6.07 Å². The van der Waals surface area contributed by atoms with Crippen LogP contribution in [0.15, 0.2) is 28.7 Å². The van der Waals surface area contributed by atoms with Crippen LogP contribution < -0.4 is 0 Å². The molecule has 0 amide bonds. The standard InChI is InChI=1S/C14H9BrClF3N2/c15-8-3-4-9(10(5-8)14(17,18)19)13-20-11(7-1-2-7)6-12(16)21-13/h3-7H,1-2H2. The topological polar surface area (TPSA) is 25.8 Å². The zero-order valence-electron chi connectivity index (χ0n) is 10.6. The molecule has 0 N–H and O–H groups in total. The summed E-state index contributed by atoms with van der Waals surface area (Å²) in [7, 11) is 0. The monoisotopic (exact) mass is 376 g/mol. The van der Waals surface area contributed by atoms with E-state index >= 15 is 0 Å². The lowest BCUT2D eigenvalue weighted by molar-refractivity contribution is -0.137. The maximum Gasteiger partial charge on any atom is 0.417 e. The maximum atomic E-state index is 13.2. The Hall–Kier alpha value is -1.14. The van der Waals surface area contributed by atoms with Crippen LogP contribution in [0.3, 0.4) is 0 Å². The molecule has 0 saturated heterocycles. The molecule has 1 saturated carbocycles. The van der Waals surface area contributed by atoms with Gasteiger partial charge < -0.3 is 0 Å². The quantitative estimate of drug-likeness (QED) is 0.650. The lowest BCUT2D eigenvalue weighted by Crippen LogP contribution is -2.09. The van der Waals surface area contributed by atoms with Crippen molar-refractivity contribution in [2.24, 2.45) is 0 Å². The summed E-state index contributed by atoms with van der Waals surface area (Å²) in [5.74, 6) is 0.304. The number of hydrogen-bond acceptors (Lipinski definition) is 2. The molecule has 0 aliphatic heterocycles. The van der Waals surface area contributed by atoms with Gasteiger partial charge in [0.1, 0.15) is 5.15 Å². The minimum Gasteiger partial charge on any atom is -0.233 e. The first kappa shape index (κ1) is 14.8. The van der Waals surface area contributed by atoms with Gasteiger partial charge in [0.2, 0.25) is 0 Å². The van der Waals surface area contributed by atoms with Crippen molar-refractivity contribution in [2.75, 3.05) is 0 Å². The molecule has 1 aromatic heterocycles. The molecule has 1 heterocycles. The Morgan fingerprint density at radius 2 is 1.86 bits per heavy atom. The third kappa shape index (κ3) is 3.21. The number of hydrogen-bond donors (Lipinski definition) is 0. The van der Waals surface area contributed by atoms with Crippen LogP contribution in [0, 0.1) is 0 Å². The highest BCUT2D eigenvalue weighted by Gasteiger charge is 2.35. The summed E-state index contributed by atoms with van der Waals surface area (Å²) in [5.41, 5.74) is -0.128. The number of nitrogens with zero attached hydrogens (tertiary/aromatic N) is 2. The average molecular weight is 378 g/mol. The second kappa shape index (κ2) is 5.25. The zero-order valence-corrected chi connectivity index (χ0v) is 12.9. The van der Waals surface area contributed by atoms with Crippen molar-refractivity contribution in [3.8, 4) is 11.4 Å². The van der Waals surface area contributed by atoms with Gasteiger partial charge in [-0.3, -0.25) is 0 Å². The summed E-state index contributed by atoms with van der Waals surface area (Å²) in [4.78, 5) is 8.22. The molecule has 0 bridgehead atoms.